The fourth-order valence-electron chi connectivity index (χ4n) is 4.89. The van der Waals surface area contributed by atoms with Gasteiger partial charge in [-0.05, 0) is 43.2 Å². The van der Waals surface area contributed by atoms with Gasteiger partial charge >= 0.3 is 0 Å². The molecule has 2 aliphatic rings. The van der Waals surface area contributed by atoms with Gasteiger partial charge in [0.15, 0.2) is 11.5 Å². The first kappa shape index (κ1) is 26.0. The summed E-state index contributed by atoms with van der Waals surface area (Å²) in [5, 5.41) is 2.94. The minimum atomic E-state index is -3.77. The van der Waals surface area contributed by atoms with Crippen molar-refractivity contribution in [3.8, 4) is 11.5 Å². The van der Waals surface area contributed by atoms with Gasteiger partial charge in [0.25, 0.3) is 5.91 Å². The maximum atomic E-state index is 13.5. The number of nitrogens with one attached hydrogen (secondary N) is 1. The number of fused-ring (bicyclic) bond motifs is 2. The highest BCUT2D eigenvalue weighted by atomic mass is 32.2. The molecule has 1 amide bonds. The molecule has 38 heavy (non-hydrogen) atoms. The summed E-state index contributed by atoms with van der Waals surface area (Å²) >= 11 is 0. The lowest BCUT2D eigenvalue weighted by atomic mass is 10.1. The summed E-state index contributed by atoms with van der Waals surface area (Å²) in [4.78, 5) is 26.7. The van der Waals surface area contributed by atoms with E-state index in [1.165, 1.54) is 22.6 Å². The van der Waals surface area contributed by atoms with Crippen molar-refractivity contribution in [1.82, 2.24) is 14.2 Å². The number of hydrogen-bond acceptors (Lipinski definition) is 6. The summed E-state index contributed by atoms with van der Waals surface area (Å²) in [6.07, 6.45) is 6.33. The molecule has 10 heteroatoms. The molecule has 0 saturated carbocycles. The second-order valence-corrected chi connectivity index (χ2v) is 11.5. The molecule has 3 aromatic rings. The quantitative estimate of drug-likeness (QED) is 0.464. The highest BCUT2D eigenvalue weighted by molar-refractivity contribution is 7.89. The second-order valence-electron chi connectivity index (χ2n) is 9.52. The maximum Gasteiger partial charge on any atom is 0.256 e. The SMILES string of the molecule is C=CCn1cc(C(=O)NCC2COc3ccccc3O2)c(=O)c2cc(S(=O)(=O)N3CCCCCC3)ccc21. The van der Waals surface area contributed by atoms with E-state index < -0.39 is 27.5 Å². The van der Waals surface area contributed by atoms with Crippen LogP contribution in [0.5, 0.6) is 11.5 Å². The van der Waals surface area contributed by atoms with Crippen molar-refractivity contribution >= 4 is 26.8 Å². The number of pyridine rings is 1. The fourth-order valence-corrected chi connectivity index (χ4v) is 6.43. The van der Waals surface area contributed by atoms with Crippen LogP contribution in [0.4, 0.5) is 0 Å². The predicted molar refractivity (Wildman–Crippen MR) is 144 cm³/mol. The Morgan fingerprint density at radius 2 is 1.82 bits per heavy atom. The summed E-state index contributed by atoms with van der Waals surface area (Å²) in [6, 6.07) is 11.8. The molecule has 1 N–H and O–H groups in total. The third-order valence-corrected chi connectivity index (χ3v) is 8.78. The van der Waals surface area contributed by atoms with Gasteiger partial charge in [-0.1, -0.05) is 31.1 Å². The summed E-state index contributed by atoms with van der Waals surface area (Å²) in [5.74, 6) is 0.663. The maximum absolute atomic E-state index is 13.5. The fraction of sp³-hybridized carbons (Fsp3) is 0.357. The van der Waals surface area contributed by atoms with Gasteiger partial charge in [0, 0.05) is 31.2 Å². The van der Waals surface area contributed by atoms with E-state index in [0.29, 0.717) is 36.6 Å². The van der Waals surface area contributed by atoms with Gasteiger partial charge in [0.05, 0.1) is 17.0 Å². The van der Waals surface area contributed by atoms with E-state index in [1.54, 1.807) is 22.8 Å². The number of benzene rings is 2. The molecule has 1 unspecified atom stereocenters. The molecular formula is C28H31N3O6S. The second kappa shape index (κ2) is 11.0. The lowest BCUT2D eigenvalue weighted by Gasteiger charge is -2.26. The molecule has 1 aromatic heterocycles. The number of hydrogen-bond donors (Lipinski definition) is 1. The number of aromatic nitrogens is 1. The minimum absolute atomic E-state index is 0.0538. The van der Waals surface area contributed by atoms with Crippen LogP contribution in [0.2, 0.25) is 0 Å². The molecule has 0 bridgehead atoms. The van der Waals surface area contributed by atoms with Crippen molar-refractivity contribution in [3.05, 3.63) is 77.1 Å². The Balaban J connectivity index is 1.43. The zero-order valence-electron chi connectivity index (χ0n) is 21.1. The van der Waals surface area contributed by atoms with Crippen LogP contribution in [0.1, 0.15) is 36.0 Å². The molecule has 5 rings (SSSR count). The molecule has 200 valence electrons. The van der Waals surface area contributed by atoms with Crippen molar-refractivity contribution < 1.29 is 22.7 Å². The zero-order chi connectivity index (χ0) is 26.7. The highest BCUT2D eigenvalue weighted by Crippen LogP contribution is 2.30. The van der Waals surface area contributed by atoms with Gasteiger partial charge in [-0.2, -0.15) is 4.31 Å². The van der Waals surface area contributed by atoms with Crippen molar-refractivity contribution in [3.63, 3.8) is 0 Å². The van der Waals surface area contributed by atoms with E-state index in [-0.39, 0.29) is 29.0 Å². The van der Waals surface area contributed by atoms with Crippen molar-refractivity contribution in [2.75, 3.05) is 26.2 Å². The lowest BCUT2D eigenvalue weighted by molar-refractivity contribution is 0.0788. The first-order valence-electron chi connectivity index (χ1n) is 12.8. The molecule has 1 fully saturated rings. The number of amides is 1. The van der Waals surface area contributed by atoms with Crippen LogP contribution in [0.25, 0.3) is 10.9 Å². The minimum Gasteiger partial charge on any atom is -0.486 e. The summed E-state index contributed by atoms with van der Waals surface area (Å²) < 4.78 is 41.6. The molecule has 0 aliphatic carbocycles. The van der Waals surface area contributed by atoms with E-state index in [9.17, 15) is 18.0 Å². The lowest BCUT2D eigenvalue weighted by Crippen LogP contribution is -2.41. The third-order valence-electron chi connectivity index (χ3n) is 6.88. The first-order valence-corrected chi connectivity index (χ1v) is 14.3. The number of para-hydroxylation sites is 2. The van der Waals surface area contributed by atoms with E-state index >= 15 is 0 Å². The van der Waals surface area contributed by atoms with Crippen LogP contribution in [0.3, 0.4) is 0 Å². The van der Waals surface area contributed by atoms with Crippen LogP contribution in [-0.4, -0.2) is 55.5 Å². The van der Waals surface area contributed by atoms with Crippen LogP contribution in [0.15, 0.2) is 71.0 Å². The number of rotatable bonds is 7. The van der Waals surface area contributed by atoms with Gasteiger partial charge in [-0.15, -0.1) is 6.58 Å². The number of carbonyl (C=O) groups excluding carboxylic acids is 1. The van der Waals surface area contributed by atoms with E-state index in [0.717, 1.165) is 25.7 Å². The van der Waals surface area contributed by atoms with Crippen LogP contribution in [0, 0.1) is 0 Å². The van der Waals surface area contributed by atoms with E-state index in [1.807, 2.05) is 18.2 Å². The van der Waals surface area contributed by atoms with Crippen LogP contribution in [-0.2, 0) is 16.6 Å². The summed E-state index contributed by atoms with van der Waals surface area (Å²) in [5.41, 5.74) is -0.0837. The number of carbonyl (C=O) groups is 1. The Labute approximate surface area is 221 Å². The molecule has 2 aliphatic heterocycles. The monoisotopic (exact) mass is 537 g/mol. The molecule has 2 aromatic carbocycles. The zero-order valence-corrected chi connectivity index (χ0v) is 21.9. The van der Waals surface area contributed by atoms with E-state index in [4.69, 9.17) is 9.47 Å². The molecule has 1 saturated heterocycles. The van der Waals surface area contributed by atoms with Gasteiger partial charge < -0.3 is 19.4 Å². The summed E-state index contributed by atoms with van der Waals surface area (Å²) in [6.45, 7) is 5.42. The van der Waals surface area contributed by atoms with Gasteiger partial charge in [-0.25, -0.2) is 8.42 Å². The number of nitrogens with zero attached hydrogens (tertiary/aromatic N) is 2. The van der Waals surface area contributed by atoms with Crippen LogP contribution >= 0.6 is 0 Å². The van der Waals surface area contributed by atoms with Crippen LogP contribution < -0.4 is 20.2 Å². The van der Waals surface area contributed by atoms with Crippen molar-refractivity contribution in [2.45, 2.75) is 43.2 Å². The molecule has 1 atom stereocenters. The normalized spacial score (nSPS) is 18.1. The van der Waals surface area contributed by atoms with Gasteiger partial charge in [0.2, 0.25) is 15.5 Å². The molecule has 3 heterocycles. The average Bonchev–Trinajstić information content (AvgIpc) is 3.23. The molecule has 9 nitrogen and oxygen atoms in total. The van der Waals surface area contributed by atoms with Crippen molar-refractivity contribution in [1.29, 1.82) is 0 Å². The number of sulfonamides is 1. The Bertz CT molecular complexity index is 1520. The Hall–Kier alpha value is -3.63. The largest absolute Gasteiger partial charge is 0.486 e. The first-order chi connectivity index (χ1) is 18.4. The van der Waals surface area contributed by atoms with Crippen molar-refractivity contribution in [2.24, 2.45) is 0 Å². The van der Waals surface area contributed by atoms with Gasteiger partial charge in [-0.3, -0.25) is 9.59 Å². The molecule has 0 radical (unpaired) electrons. The topological polar surface area (TPSA) is 107 Å². The number of allylic oxidation sites excluding steroid dienone is 1. The van der Waals surface area contributed by atoms with Gasteiger partial charge in [0.1, 0.15) is 18.3 Å². The highest BCUT2D eigenvalue weighted by Gasteiger charge is 2.27. The molecular weight excluding hydrogens is 506 g/mol. The number of ether oxygens (including phenoxy) is 2. The Morgan fingerprint density at radius 1 is 1.08 bits per heavy atom. The van der Waals surface area contributed by atoms with E-state index in [2.05, 4.69) is 11.9 Å². The molecule has 0 spiro atoms. The predicted octanol–water partition coefficient (Wildman–Crippen LogP) is 3.32. The smallest absolute Gasteiger partial charge is 0.256 e. The third kappa shape index (κ3) is 5.19. The summed E-state index contributed by atoms with van der Waals surface area (Å²) in [7, 11) is -3.77. The Morgan fingerprint density at radius 3 is 2.55 bits per heavy atom. The Kier molecular flexibility index (Phi) is 7.53. The average molecular weight is 538 g/mol. The standard InChI is InChI=1S/C28H31N3O6S/c1-2-13-30-18-23(28(33)29-17-20-19-36-25-9-5-6-10-26(25)37-20)27(32)22-16-21(11-12-24(22)30)38(34,35)31-14-7-3-4-8-15-31/h2,5-6,9-12,16,18,20H,1,3-4,7-8,13-15,17,19H2,(H,29,33).